The molecule has 0 aliphatic rings. The van der Waals surface area contributed by atoms with Crippen LogP contribution in [0.5, 0.6) is 0 Å². The lowest BCUT2D eigenvalue weighted by atomic mass is 10.2. The summed E-state index contributed by atoms with van der Waals surface area (Å²) in [4.78, 5) is 7.50. The summed E-state index contributed by atoms with van der Waals surface area (Å²) in [6, 6.07) is 0. The van der Waals surface area contributed by atoms with Crippen LogP contribution < -0.4 is 9.96 Å². The fraction of sp³-hybridized carbons (Fsp3) is 1.00. The third-order valence-electron chi connectivity index (χ3n) is 3.27. The van der Waals surface area contributed by atoms with Crippen LogP contribution in [0.2, 0.25) is 10.1 Å². The molecule has 0 aliphatic heterocycles. The van der Waals surface area contributed by atoms with Crippen molar-refractivity contribution in [2.45, 2.75) is 65.0 Å². The molecule has 0 aliphatic carbocycles. The van der Waals surface area contributed by atoms with Gasteiger partial charge in [-0.25, -0.2) is 0 Å². The maximum absolute atomic E-state index is 3.84. The van der Waals surface area contributed by atoms with Crippen molar-refractivity contribution in [1.82, 2.24) is 9.96 Å². The molecule has 2 N–H and O–H groups in total. The van der Waals surface area contributed by atoms with Crippen molar-refractivity contribution in [2.24, 2.45) is 0 Å². The van der Waals surface area contributed by atoms with Crippen LogP contribution in [0.3, 0.4) is 0 Å². The number of hydrogen-bond acceptors (Lipinski definition) is 2. The second-order valence-electron chi connectivity index (χ2n) is 6.43. The third-order valence-corrected chi connectivity index (χ3v) is 9.30. The second-order valence-corrected chi connectivity index (χ2v) is 11.8. The summed E-state index contributed by atoms with van der Waals surface area (Å²) in [5, 5.41) is 0.629. The highest BCUT2D eigenvalue weighted by Crippen LogP contribution is 2.47. The second kappa shape index (κ2) is 4.98. The van der Waals surface area contributed by atoms with Crippen LogP contribution in [0.25, 0.3) is 0 Å². The van der Waals surface area contributed by atoms with Crippen molar-refractivity contribution in [3.8, 4) is 0 Å². The molecule has 15 heavy (non-hydrogen) atoms. The zero-order valence-electron chi connectivity index (χ0n) is 11.9. The quantitative estimate of drug-likeness (QED) is 0.725. The lowest BCUT2D eigenvalue weighted by Gasteiger charge is -2.51. The van der Waals surface area contributed by atoms with Crippen LogP contribution >= 0.6 is 0 Å². The van der Waals surface area contributed by atoms with Crippen LogP contribution in [-0.2, 0) is 0 Å². The molecule has 0 aromatic heterocycles. The van der Waals surface area contributed by atoms with Crippen LogP contribution in [0.15, 0.2) is 0 Å². The maximum atomic E-state index is 3.84. The predicted molar refractivity (Wildman–Crippen MR) is 72.5 cm³/mol. The molecule has 0 heterocycles. The van der Waals surface area contributed by atoms with E-state index in [1.54, 1.807) is 0 Å². The van der Waals surface area contributed by atoms with Gasteiger partial charge in [0.2, 0.25) is 8.40 Å². The van der Waals surface area contributed by atoms with Gasteiger partial charge in [-0.2, -0.15) is 0 Å². The first-order chi connectivity index (χ1) is 6.62. The third kappa shape index (κ3) is 3.05. The number of rotatable bonds is 4. The first kappa shape index (κ1) is 15.1. The summed E-state index contributed by atoms with van der Waals surface area (Å²) in [5.74, 6) is 0. The summed E-state index contributed by atoms with van der Waals surface area (Å²) < 4.78 is 0. The molecule has 0 atom stereocenters. The highest BCUT2D eigenvalue weighted by molar-refractivity contribution is 6.80. The monoisotopic (exact) mass is 230 g/mol. The van der Waals surface area contributed by atoms with E-state index in [0.717, 1.165) is 6.54 Å². The van der Waals surface area contributed by atoms with E-state index < -0.39 is 8.40 Å². The fourth-order valence-electron chi connectivity index (χ4n) is 2.81. The minimum atomic E-state index is -1.69. The van der Waals surface area contributed by atoms with Gasteiger partial charge in [0.15, 0.2) is 0 Å². The van der Waals surface area contributed by atoms with Crippen LogP contribution in [-0.4, -0.2) is 22.0 Å². The summed E-state index contributed by atoms with van der Waals surface area (Å²) in [5.41, 5.74) is 0. The Labute approximate surface area is 97.4 Å². The Morgan fingerprint density at radius 2 is 1.33 bits per heavy atom. The number of hydrogen-bond donors (Lipinski definition) is 2. The van der Waals surface area contributed by atoms with Crippen molar-refractivity contribution >= 4 is 8.40 Å². The van der Waals surface area contributed by atoms with E-state index in [1.807, 2.05) is 0 Å². The van der Waals surface area contributed by atoms with Crippen LogP contribution in [0.1, 0.15) is 54.9 Å². The highest BCUT2D eigenvalue weighted by atomic mass is 28.3. The Morgan fingerprint density at radius 3 is 1.53 bits per heavy atom. The molecule has 0 radical (unpaired) electrons. The van der Waals surface area contributed by atoms with Crippen molar-refractivity contribution in [2.75, 3.05) is 13.6 Å². The molecule has 92 valence electrons. The molecule has 0 saturated heterocycles. The normalized spacial score (nSPS) is 14.4. The SMILES string of the molecule is CCCN[Si](NC)(C(C)(C)C)C(C)(C)C. The van der Waals surface area contributed by atoms with E-state index in [4.69, 9.17) is 0 Å². The Balaban J connectivity index is 5.13. The highest BCUT2D eigenvalue weighted by Gasteiger charge is 2.52. The molecule has 0 aromatic carbocycles. The molecular formula is C12H30N2Si. The first-order valence-electron chi connectivity index (χ1n) is 6.06. The van der Waals surface area contributed by atoms with Crippen molar-refractivity contribution < 1.29 is 0 Å². The molecule has 0 saturated carbocycles. The van der Waals surface area contributed by atoms with Crippen molar-refractivity contribution in [3.05, 3.63) is 0 Å². The van der Waals surface area contributed by atoms with Crippen LogP contribution in [0, 0.1) is 0 Å². The molecule has 0 amide bonds. The molecule has 3 heteroatoms. The van der Waals surface area contributed by atoms with Gasteiger partial charge in [0.25, 0.3) is 0 Å². The molecule has 0 fully saturated rings. The van der Waals surface area contributed by atoms with E-state index in [2.05, 4.69) is 65.5 Å². The molecule has 0 rings (SSSR count). The van der Waals surface area contributed by atoms with Gasteiger partial charge < -0.3 is 9.96 Å². The van der Waals surface area contributed by atoms with E-state index >= 15 is 0 Å². The molecule has 0 spiro atoms. The summed E-state index contributed by atoms with van der Waals surface area (Å²) in [6.07, 6.45) is 1.20. The molecular weight excluding hydrogens is 200 g/mol. The Hall–Kier alpha value is 0.137. The average Bonchev–Trinajstić information content (AvgIpc) is 2.01. The van der Waals surface area contributed by atoms with Gasteiger partial charge >= 0.3 is 0 Å². The van der Waals surface area contributed by atoms with E-state index in [1.165, 1.54) is 6.42 Å². The smallest absolute Gasteiger partial charge is 0.212 e. The standard InChI is InChI=1S/C12H30N2Si/c1-9-10-14-15(13-8,11(2,3)4)12(5,6)7/h13-14H,9-10H2,1-8H3. The van der Waals surface area contributed by atoms with Crippen molar-refractivity contribution in [1.29, 1.82) is 0 Å². The maximum Gasteiger partial charge on any atom is 0.212 e. The molecule has 0 aromatic rings. The van der Waals surface area contributed by atoms with Crippen molar-refractivity contribution in [3.63, 3.8) is 0 Å². The Morgan fingerprint density at radius 1 is 0.933 bits per heavy atom. The van der Waals surface area contributed by atoms with Gasteiger partial charge in [-0.3, -0.25) is 0 Å². The topological polar surface area (TPSA) is 24.1 Å². The largest absolute Gasteiger partial charge is 0.327 e. The zero-order valence-corrected chi connectivity index (χ0v) is 12.9. The average molecular weight is 230 g/mol. The summed E-state index contributed by atoms with van der Waals surface area (Å²) in [6.45, 7) is 17.4. The predicted octanol–water partition coefficient (Wildman–Crippen LogP) is 3.25. The van der Waals surface area contributed by atoms with E-state index in [-0.39, 0.29) is 0 Å². The van der Waals surface area contributed by atoms with E-state index in [9.17, 15) is 0 Å². The molecule has 0 bridgehead atoms. The van der Waals surface area contributed by atoms with Gasteiger partial charge in [-0.1, -0.05) is 48.5 Å². The zero-order chi connectivity index (χ0) is 12.3. The summed E-state index contributed by atoms with van der Waals surface area (Å²) >= 11 is 0. The molecule has 0 unspecified atom stereocenters. The minimum absolute atomic E-state index is 0.315. The van der Waals surface area contributed by atoms with Gasteiger partial charge in [-0.05, 0) is 30.1 Å². The van der Waals surface area contributed by atoms with Gasteiger partial charge in [0, 0.05) is 0 Å². The number of nitrogens with one attached hydrogen (secondary N) is 2. The summed E-state index contributed by atoms with van der Waals surface area (Å²) in [7, 11) is 0.423. The van der Waals surface area contributed by atoms with Gasteiger partial charge in [0.05, 0.1) is 0 Å². The first-order valence-corrected chi connectivity index (χ1v) is 8.06. The lowest BCUT2D eigenvalue weighted by Crippen LogP contribution is -2.72. The van der Waals surface area contributed by atoms with E-state index in [0.29, 0.717) is 10.1 Å². The van der Waals surface area contributed by atoms with Gasteiger partial charge in [0.1, 0.15) is 0 Å². The van der Waals surface area contributed by atoms with Gasteiger partial charge in [-0.15, -0.1) is 0 Å². The minimum Gasteiger partial charge on any atom is -0.327 e. The Bertz CT molecular complexity index is 175. The van der Waals surface area contributed by atoms with Crippen LogP contribution in [0.4, 0.5) is 0 Å². The fourth-order valence-corrected chi connectivity index (χ4v) is 8.42. The Kier molecular flexibility index (Phi) is 5.02. The molecule has 2 nitrogen and oxygen atoms in total. The lowest BCUT2D eigenvalue weighted by molar-refractivity contribution is 0.552.